The van der Waals surface area contributed by atoms with Crippen molar-refractivity contribution in [2.24, 2.45) is 0 Å². The summed E-state index contributed by atoms with van der Waals surface area (Å²) in [4.78, 5) is 14.1. The molecule has 0 aliphatic heterocycles. The maximum atomic E-state index is 12.3. The van der Waals surface area contributed by atoms with E-state index >= 15 is 0 Å². The molecule has 1 aromatic heterocycles. The third-order valence-electron chi connectivity index (χ3n) is 2.29. The third kappa shape index (κ3) is 2.61. The van der Waals surface area contributed by atoms with Crippen LogP contribution in [0, 0.1) is 0 Å². The number of nitrogens with one attached hydrogen (secondary N) is 1. The van der Waals surface area contributed by atoms with E-state index in [1.807, 2.05) is 0 Å². The first-order valence-electron chi connectivity index (χ1n) is 4.86. The summed E-state index contributed by atoms with van der Waals surface area (Å²) in [6.07, 6.45) is 1.27. The highest BCUT2D eigenvalue weighted by Gasteiger charge is 2.30. The van der Waals surface area contributed by atoms with Gasteiger partial charge in [0.2, 0.25) is 0 Å². The van der Waals surface area contributed by atoms with Crippen LogP contribution in [0.1, 0.15) is 10.4 Å². The molecule has 2 aromatic rings. The van der Waals surface area contributed by atoms with E-state index in [1.165, 1.54) is 25.4 Å². The lowest BCUT2D eigenvalue weighted by molar-refractivity contribution is -0.0327. The first-order chi connectivity index (χ1) is 8.40. The standard InChI is InChI=1S/C11H8F3NO2S/c1-17-10(16)6-2-3-8-7(4-6)9(5-15-8)18-11(12,13)14/h2-5,15H,1H3. The number of benzene rings is 1. The van der Waals surface area contributed by atoms with Crippen LogP contribution < -0.4 is 0 Å². The number of alkyl halides is 3. The summed E-state index contributed by atoms with van der Waals surface area (Å²) in [6, 6.07) is 4.42. The van der Waals surface area contributed by atoms with Crippen LogP contribution in [0.15, 0.2) is 29.3 Å². The monoisotopic (exact) mass is 275 g/mol. The third-order valence-corrected chi connectivity index (χ3v) is 3.08. The van der Waals surface area contributed by atoms with Crippen molar-refractivity contribution in [3.63, 3.8) is 0 Å². The average molecular weight is 275 g/mol. The van der Waals surface area contributed by atoms with Crippen molar-refractivity contribution in [1.82, 2.24) is 4.98 Å². The maximum Gasteiger partial charge on any atom is 0.446 e. The lowest BCUT2D eigenvalue weighted by Gasteiger charge is -2.04. The molecule has 18 heavy (non-hydrogen) atoms. The Kier molecular flexibility index (Phi) is 3.25. The van der Waals surface area contributed by atoms with Gasteiger partial charge in [-0.25, -0.2) is 4.79 Å². The van der Waals surface area contributed by atoms with Crippen molar-refractivity contribution in [1.29, 1.82) is 0 Å². The molecule has 7 heteroatoms. The van der Waals surface area contributed by atoms with Crippen molar-refractivity contribution in [3.05, 3.63) is 30.0 Å². The summed E-state index contributed by atoms with van der Waals surface area (Å²) in [5, 5.41) is 0.347. The molecule has 0 aliphatic rings. The van der Waals surface area contributed by atoms with Crippen molar-refractivity contribution < 1.29 is 22.7 Å². The first kappa shape index (κ1) is 12.8. The zero-order valence-electron chi connectivity index (χ0n) is 9.17. The lowest BCUT2D eigenvalue weighted by atomic mass is 10.1. The topological polar surface area (TPSA) is 42.1 Å². The molecule has 0 atom stereocenters. The SMILES string of the molecule is COC(=O)c1ccc2[nH]cc(SC(F)(F)F)c2c1. The highest BCUT2D eigenvalue weighted by Crippen LogP contribution is 2.40. The molecule has 0 unspecified atom stereocenters. The second-order valence-corrected chi connectivity index (χ2v) is 4.56. The normalized spacial score (nSPS) is 11.8. The van der Waals surface area contributed by atoms with Crippen LogP contribution in [0.3, 0.4) is 0 Å². The number of fused-ring (bicyclic) bond motifs is 1. The number of aromatic amines is 1. The minimum Gasteiger partial charge on any atom is -0.465 e. The molecule has 0 spiro atoms. The fourth-order valence-electron chi connectivity index (χ4n) is 1.55. The van der Waals surface area contributed by atoms with Crippen LogP contribution in [-0.2, 0) is 4.74 Å². The molecule has 0 saturated heterocycles. The van der Waals surface area contributed by atoms with Crippen LogP contribution in [0.4, 0.5) is 13.2 Å². The van der Waals surface area contributed by atoms with Gasteiger partial charge in [0.05, 0.1) is 12.7 Å². The fourth-order valence-corrected chi connectivity index (χ4v) is 2.20. The Labute approximate surface area is 104 Å². The second-order valence-electron chi connectivity index (χ2n) is 3.45. The molecule has 0 saturated carbocycles. The first-order valence-corrected chi connectivity index (χ1v) is 5.67. The molecule has 1 N–H and O–H groups in total. The Morgan fingerprint density at radius 2 is 2.11 bits per heavy atom. The molecular weight excluding hydrogens is 267 g/mol. The predicted octanol–water partition coefficient (Wildman–Crippen LogP) is 3.57. The van der Waals surface area contributed by atoms with Crippen molar-refractivity contribution in [2.45, 2.75) is 10.4 Å². The molecular formula is C11H8F3NO2S. The number of H-pyrrole nitrogens is 1. The Morgan fingerprint density at radius 3 is 2.72 bits per heavy atom. The van der Waals surface area contributed by atoms with E-state index in [4.69, 9.17) is 0 Å². The van der Waals surface area contributed by atoms with E-state index < -0.39 is 11.5 Å². The van der Waals surface area contributed by atoms with E-state index in [0.29, 0.717) is 10.9 Å². The van der Waals surface area contributed by atoms with Crippen LogP contribution in [0.2, 0.25) is 0 Å². The fraction of sp³-hybridized carbons (Fsp3) is 0.182. The average Bonchev–Trinajstić information content (AvgIpc) is 2.68. The van der Waals surface area contributed by atoms with Crippen LogP contribution in [0.5, 0.6) is 0 Å². The molecule has 0 fully saturated rings. The lowest BCUT2D eigenvalue weighted by Crippen LogP contribution is -2.01. The Morgan fingerprint density at radius 1 is 1.39 bits per heavy atom. The number of carbonyl (C=O) groups excluding carboxylic acids is 1. The van der Waals surface area contributed by atoms with E-state index in [9.17, 15) is 18.0 Å². The van der Waals surface area contributed by atoms with Crippen molar-refractivity contribution in [2.75, 3.05) is 7.11 Å². The van der Waals surface area contributed by atoms with Crippen LogP contribution >= 0.6 is 11.8 Å². The molecule has 0 radical (unpaired) electrons. The zero-order valence-corrected chi connectivity index (χ0v) is 9.98. The Hall–Kier alpha value is -1.63. The number of ether oxygens (including phenoxy) is 1. The van der Waals surface area contributed by atoms with Gasteiger partial charge in [0, 0.05) is 22.0 Å². The Bertz CT molecular complexity index is 591. The van der Waals surface area contributed by atoms with Gasteiger partial charge in [-0.15, -0.1) is 0 Å². The summed E-state index contributed by atoms with van der Waals surface area (Å²) in [6.45, 7) is 0. The molecule has 1 heterocycles. The van der Waals surface area contributed by atoms with E-state index in [2.05, 4.69) is 9.72 Å². The maximum absolute atomic E-state index is 12.3. The van der Waals surface area contributed by atoms with Gasteiger partial charge in [0.25, 0.3) is 0 Å². The number of carbonyl (C=O) groups is 1. The summed E-state index contributed by atoms with van der Waals surface area (Å²) in [5.41, 5.74) is -3.61. The highest BCUT2D eigenvalue weighted by molar-refractivity contribution is 8.00. The van der Waals surface area contributed by atoms with Gasteiger partial charge in [-0.05, 0) is 30.0 Å². The van der Waals surface area contributed by atoms with E-state index in [0.717, 1.165) is 0 Å². The minimum atomic E-state index is -4.36. The summed E-state index contributed by atoms with van der Waals surface area (Å²) in [7, 11) is 1.22. The van der Waals surface area contributed by atoms with E-state index in [1.54, 1.807) is 6.07 Å². The quantitative estimate of drug-likeness (QED) is 0.673. The highest BCUT2D eigenvalue weighted by atomic mass is 32.2. The molecule has 0 bridgehead atoms. The van der Waals surface area contributed by atoms with Gasteiger partial charge in [-0.1, -0.05) is 0 Å². The van der Waals surface area contributed by atoms with Crippen LogP contribution in [0.25, 0.3) is 10.9 Å². The molecule has 0 aliphatic carbocycles. The smallest absolute Gasteiger partial charge is 0.446 e. The number of rotatable bonds is 2. The number of hydrogen-bond acceptors (Lipinski definition) is 3. The number of esters is 1. The molecule has 1 aromatic carbocycles. The van der Waals surface area contributed by atoms with Gasteiger partial charge in [0.15, 0.2) is 0 Å². The van der Waals surface area contributed by atoms with E-state index in [-0.39, 0.29) is 22.2 Å². The number of thioether (sulfide) groups is 1. The molecule has 2 rings (SSSR count). The second kappa shape index (κ2) is 4.56. The van der Waals surface area contributed by atoms with Crippen molar-refractivity contribution >= 4 is 28.6 Å². The minimum absolute atomic E-state index is 0.0308. The number of halogens is 3. The molecule has 3 nitrogen and oxygen atoms in total. The zero-order chi connectivity index (χ0) is 13.3. The Balaban J connectivity index is 2.46. The van der Waals surface area contributed by atoms with Gasteiger partial charge in [-0.2, -0.15) is 13.2 Å². The van der Waals surface area contributed by atoms with Gasteiger partial charge in [-0.3, -0.25) is 0 Å². The van der Waals surface area contributed by atoms with Crippen molar-refractivity contribution in [3.8, 4) is 0 Å². The number of hydrogen-bond donors (Lipinski definition) is 1. The van der Waals surface area contributed by atoms with Gasteiger partial charge < -0.3 is 9.72 Å². The predicted molar refractivity (Wildman–Crippen MR) is 61.6 cm³/mol. The molecule has 0 amide bonds. The van der Waals surface area contributed by atoms with Crippen LogP contribution in [-0.4, -0.2) is 23.6 Å². The number of methoxy groups -OCH3 is 1. The summed E-state index contributed by atoms with van der Waals surface area (Å²) in [5.74, 6) is -0.582. The largest absolute Gasteiger partial charge is 0.465 e. The summed E-state index contributed by atoms with van der Waals surface area (Å²) < 4.78 is 41.5. The molecule has 96 valence electrons. The summed E-state index contributed by atoms with van der Waals surface area (Å²) >= 11 is -0.218. The van der Waals surface area contributed by atoms with Gasteiger partial charge in [0.1, 0.15) is 0 Å². The number of aromatic nitrogens is 1. The van der Waals surface area contributed by atoms with Gasteiger partial charge >= 0.3 is 11.5 Å².